The number of nitrogens with zero attached hydrogens (tertiary/aromatic N) is 2. The van der Waals surface area contributed by atoms with E-state index in [4.69, 9.17) is 11.6 Å². The average Bonchev–Trinajstić information content (AvgIpc) is 3.38. The molecule has 1 aliphatic rings. The molecule has 37 heavy (non-hydrogen) atoms. The number of carbonyl (C=O) groups is 1. The van der Waals surface area contributed by atoms with Gasteiger partial charge in [-0.1, -0.05) is 41.9 Å². The zero-order valence-corrected chi connectivity index (χ0v) is 22.2. The van der Waals surface area contributed by atoms with E-state index in [1.807, 2.05) is 60.5 Å². The van der Waals surface area contributed by atoms with Gasteiger partial charge < -0.3 is 10.0 Å². The number of rotatable bonds is 9. The quantitative estimate of drug-likeness (QED) is 0.288. The summed E-state index contributed by atoms with van der Waals surface area (Å²) in [6.07, 6.45) is 3.69. The van der Waals surface area contributed by atoms with Crippen molar-refractivity contribution in [1.29, 1.82) is 0 Å². The fourth-order valence-corrected chi connectivity index (χ4v) is 7.26. The second-order valence-corrected chi connectivity index (χ2v) is 12.5. The highest BCUT2D eigenvalue weighted by molar-refractivity contribution is 7.91. The van der Waals surface area contributed by atoms with Gasteiger partial charge in [-0.3, -0.25) is 9.78 Å². The fourth-order valence-electron chi connectivity index (χ4n) is 4.42. The first-order chi connectivity index (χ1) is 17.7. The molecule has 0 spiro atoms. The highest BCUT2D eigenvalue weighted by Crippen LogP contribution is 2.53. The molecular weight excluding hydrogens is 530 g/mol. The normalized spacial score (nSPS) is 18.9. The van der Waals surface area contributed by atoms with Gasteiger partial charge in [0.05, 0.1) is 0 Å². The minimum absolute atomic E-state index is 0.0636. The van der Waals surface area contributed by atoms with Crippen molar-refractivity contribution in [2.24, 2.45) is 0 Å². The Labute approximate surface area is 224 Å². The monoisotopic (exact) mass is 553 g/mol. The fraction of sp³-hybridized carbons (Fsp3) is 0.185. The van der Waals surface area contributed by atoms with Gasteiger partial charge >= 0.3 is 5.97 Å². The molecule has 1 saturated carbocycles. The van der Waals surface area contributed by atoms with E-state index >= 15 is 0 Å². The summed E-state index contributed by atoms with van der Waals surface area (Å²) in [5.74, 6) is -1.67. The van der Waals surface area contributed by atoms with Crippen LogP contribution in [0.2, 0.25) is 5.02 Å². The first-order valence-corrected chi connectivity index (χ1v) is 14.2. The number of hydrogen-bond acceptors (Lipinski definition) is 6. The van der Waals surface area contributed by atoms with Gasteiger partial charge in [0.1, 0.15) is 9.75 Å². The van der Waals surface area contributed by atoms with Gasteiger partial charge in [0.2, 0.25) is 0 Å². The van der Waals surface area contributed by atoms with Gasteiger partial charge in [0.25, 0.3) is 10.0 Å². The molecule has 4 aromatic rings. The Balaban J connectivity index is 1.35. The average molecular weight is 554 g/mol. The van der Waals surface area contributed by atoms with Gasteiger partial charge in [-0.25, -0.2) is 8.42 Å². The summed E-state index contributed by atoms with van der Waals surface area (Å²) >= 11 is 7.04. The Kier molecular flexibility index (Phi) is 6.80. The maximum absolute atomic E-state index is 13.2. The largest absolute Gasteiger partial charge is 0.480 e. The lowest BCUT2D eigenvalue weighted by atomic mass is 10.1. The Morgan fingerprint density at radius 3 is 2.65 bits per heavy atom. The predicted octanol–water partition coefficient (Wildman–Crippen LogP) is 5.39. The molecule has 0 saturated heterocycles. The first-order valence-electron chi connectivity index (χ1n) is 11.5. The van der Waals surface area contributed by atoms with Crippen molar-refractivity contribution in [1.82, 2.24) is 9.71 Å². The van der Waals surface area contributed by atoms with Crippen molar-refractivity contribution < 1.29 is 18.3 Å². The van der Waals surface area contributed by atoms with Gasteiger partial charge in [0.15, 0.2) is 0 Å². The van der Waals surface area contributed by atoms with E-state index in [2.05, 4.69) is 9.71 Å². The third-order valence-electron chi connectivity index (χ3n) is 6.49. The Morgan fingerprint density at radius 1 is 1.16 bits per heavy atom. The van der Waals surface area contributed by atoms with E-state index in [1.54, 1.807) is 30.6 Å². The zero-order chi connectivity index (χ0) is 26.2. The molecule has 5 rings (SSSR count). The topological polar surface area (TPSA) is 99.6 Å². The first kappa shape index (κ1) is 25.4. The van der Waals surface area contributed by atoms with E-state index < -0.39 is 27.4 Å². The Morgan fingerprint density at radius 2 is 1.95 bits per heavy atom. The van der Waals surface area contributed by atoms with Crippen LogP contribution >= 0.6 is 22.9 Å². The summed E-state index contributed by atoms with van der Waals surface area (Å²) < 4.78 is 29.1. The third-order valence-corrected chi connectivity index (χ3v) is 9.88. The maximum atomic E-state index is 13.2. The number of carboxylic acids is 1. The van der Waals surface area contributed by atoms with Crippen LogP contribution in [0.15, 0.2) is 89.4 Å². The van der Waals surface area contributed by atoms with E-state index in [-0.39, 0.29) is 10.6 Å². The highest BCUT2D eigenvalue weighted by Gasteiger charge is 2.63. The molecule has 0 bridgehead atoms. The van der Waals surface area contributed by atoms with Crippen molar-refractivity contribution in [3.8, 4) is 10.4 Å². The Hall–Kier alpha value is -3.24. The van der Waals surface area contributed by atoms with E-state index in [9.17, 15) is 18.3 Å². The van der Waals surface area contributed by atoms with Crippen LogP contribution in [0.3, 0.4) is 0 Å². The number of benzene rings is 2. The number of aromatic nitrogens is 1. The summed E-state index contributed by atoms with van der Waals surface area (Å²) in [6.45, 7) is 0.632. The van der Waals surface area contributed by atoms with Gasteiger partial charge in [0, 0.05) is 47.5 Å². The standard InChI is InChI=1S/C27H24ClN3O4S2/c1-31(17-18-4-3-13-29-16-18)22-6-2-5-20(14-22)23-15-27(23,26(32)33)30-37(34,35)25-12-11-24(36-25)19-7-9-21(28)10-8-19/h2-14,16,23,30H,15,17H2,1H3,(H,32,33)/t23-,27?/m0/s1. The van der Waals surface area contributed by atoms with Crippen LogP contribution in [0, 0.1) is 0 Å². The van der Waals surface area contributed by atoms with Crippen LogP contribution in [0.1, 0.15) is 23.5 Å². The van der Waals surface area contributed by atoms with Crippen molar-refractivity contribution >= 4 is 44.6 Å². The minimum atomic E-state index is -4.06. The van der Waals surface area contributed by atoms with E-state index in [0.717, 1.165) is 38.6 Å². The van der Waals surface area contributed by atoms with Crippen molar-refractivity contribution in [2.45, 2.75) is 28.6 Å². The number of aliphatic carboxylic acids is 1. The molecule has 2 atom stereocenters. The number of nitrogens with one attached hydrogen (secondary N) is 1. The van der Waals surface area contributed by atoms with Crippen LogP contribution < -0.4 is 9.62 Å². The van der Waals surface area contributed by atoms with Crippen LogP contribution in [-0.2, 0) is 21.4 Å². The Bertz CT molecular complexity index is 1540. The number of thiophene rings is 1. The molecule has 0 amide bonds. The van der Waals surface area contributed by atoms with Crippen LogP contribution in [0.25, 0.3) is 10.4 Å². The lowest BCUT2D eigenvalue weighted by Crippen LogP contribution is -2.44. The number of carboxylic acid groups (broad SMARTS) is 1. The predicted molar refractivity (Wildman–Crippen MR) is 146 cm³/mol. The molecule has 0 aliphatic heterocycles. The van der Waals surface area contributed by atoms with Crippen molar-refractivity contribution in [2.75, 3.05) is 11.9 Å². The molecular formula is C27H24ClN3O4S2. The molecule has 2 N–H and O–H groups in total. The van der Waals surface area contributed by atoms with Gasteiger partial charge in [-0.05, 0) is 65.6 Å². The molecule has 1 aliphatic carbocycles. The zero-order valence-electron chi connectivity index (χ0n) is 19.8. The van der Waals surface area contributed by atoms with E-state index in [1.165, 1.54) is 6.07 Å². The van der Waals surface area contributed by atoms with Crippen LogP contribution in [0.4, 0.5) is 5.69 Å². The summed E-state index contributed by atoms with van der Waals surface area (Å²) in [5.41, 5.74) is 1.96. The summed E-state index contributed by atoms with van der Waals surface area (Å²) in [5, 5.41) is 10.7. The molecule has 0 radical (unpaired) electrons. The van der Waals surface area contributed by atoms with Gasteiger partial charge in [-0.2, -0.15) is 4.72 Å². The second-order valence-electron chi connectivity index (χ2n) is 9.08. The number of pyridine rings is 1. The molecule has 7 nitrogen and oxygen atoms in total. The molecule has 190 valence electrons. The van der Waals surface area contributed by atoms with Crippen molar-refractivity contribution in [3.05, 3.63) is 101 Å². The van der Waals surface area contributed by atoms with Crippen LogP contribution in [0.5, 0.6) is 0 Å². The summed E-state index contributed by atoms with van der Waals surface area (Å²) in [7, 11) is -2.11. The van der Waals surface area contributed by atoms with E-state index in [0.29, 0.717) is 11.6 Å². The second kappa shape index (κ2) is 9.90. The van der Waals surface area contributed by atoms with Crippen LogP contribution in [-0.4, -0.2) is 37.1 Å². The minimum Gasteiger partial charge on any atom is -0.480 e. The lowest BCUT2D eigenvalue weighted by Gasteiger charge is -2.20. The highest BCUT2D eigenvalue weighted by atomic mass is 35.5. The maximum Gasteiger partial charge on any atom is 0.325 e. The number of anilines is 1. The summed E-state index contributed by atoms with van der Waals surface area (Å²) in [4.78, 5) is 19.3. The summed E-state index contributed by atoms with van der Waals surface area (Å²) in [6, 6.07) is 21.7. The van der Waals surface area contributed by atoms with Gasteiger partial charge in [-0.15, -0.1) is 11.3 Å². The smallest absolute Gasteiger partial charge is 0.325 e. The third kappa shape index (κ3) is 5.26. The molecule has 2 aromatic carbocycles. The molecule has 1 unspecified atom stereocenters. The van der Waals surface area contributed by atoms with Crippen molar-refractivity contribution in [3.63, 3.8) is 0 Å². The molecule has 10 heteroatoms. The lowest BCUT2D eigenvalue weighted by molar-refractivity contribution is -0.140. The number of halogens is 1. The number of sulfonamides is 1. The molecule has 2 heterocycles. The molecule has 2 aromatic heterocycles. The number of hydrogen-bond donors (Lipinski definition) is 2. The molecule has 1 fully saturated rings. The SMILES string of the molecule is CN(Cc1cccnc1)c1cccc([C@@H]2CC2(NS(=O)(=O)c2ccc(-c3ccc(Cl)cc3)s2)C(=O)O)c1.